The highest BCUT2D eigenvalue weighted by atomic mass is 16.5. The minimum absolute atomic E-state index is 0.0479. The zero-order chi connectivity index (χ0) is 24.8. The molecule has 1 fully saturated rings. The highest BCUT2D eigenvalue weighted by Crippen LogP contribution is 2.44. The summed E-state index contributed by atoms with van der Waals surface area (Å²) in [7, 11) is 0. The molecule has 1 heterocycles. The van der Waals surface area contributed by atoms with Crippen molar-refractivity contribution < 1.29 is 34.1 Å². The van der Waals surface area contributed by atoms with Crippen molar-refractivity contribution in [2.24, 2.45) is 5.41 Å². The first-order valence-electron chi connectivity index (χ1n) is 11.7. The Kier molecular flexibility index (Phi) is 7.67. The summed E-state index contributed by atoms with van der Waals surface area (Å²) in [6.07, 6.45) is -0.0372. The molecule has 2 aromatic carbocycles. The minimum Gasteiger partial charge on any atom is -0.481 e. The smallest absolute Gasteiger partial charge is 0.407 e. The number of carboxylic acid groups (broad SMARTS) is 1. The Balaban J connectivity index is 1.37. The molecule has 2 amide bonds. The third-order valence-electron chi connectivity index (χ3n) is 6.71. The van der Waals surface area contributed by atoms with E-state index >= 15 is 0 Å². The number of aliphatic hydroxyl groups excluding tert-OH is 1. The standard InChI is InChI=1S/C26H30N2O7/c29-15-26(10-5-11-34-16-26)14-27-24(32)22(12-23(30)31)28-25(33)35-13-21-19-8-3-1-6-17(19)18-7-2-4-9-20(18)21/h1-4,6-9,21-22,29H,5,10-16H2,(H,27,32)(H,28,33)(H,30,31). The molecule has 1 saturated heterocycles. The highest BCUT2D eigenvalue weighted by Gasteiger charge is 2.35. The number of carbonyl (C=O) groups excluding carboxylic acids is 2. The molecular formula is C26H30N2O7. The summed E-state index contributed by atoms with van der Waals surface area (Å²) >= 11 is 0. The number of nitrogens with one attached hydrogen (secondary N) is 2. The summed E-state index contributed by atoms with van der Waals surface area (Å²) in [5.41, 5.74) is 3.65. The Bertz CT molecular complexity index is 1040. The molecule has 186 valence electrons. The van der Waals surface area contributed by atoms with E-state index in [1.54, 1.807) is 0 Å². The Morgan fingerprint density at radius 1 is 1.09 bits per heavy atom. The monoisotopic (exact) mass is 482 g/mol. The second-order valence-electron chi connectivity index (χ2n) is 9.15. The first kappa shape index (κ1) is 24.7. The largest absolute Gasteiger partial charge is 0.481 e. The number of fused-ring (bicyclic) bond motifs is 3. The van der Waals surface area contributed by atoms with Gasteiger partial charge in [0.1, 0.15) is 12.6 Å². The van der Waals surface area contributed by atoms with Gasteiger partial charge in [0.15, 0.2) is 0 Å². The topological polar surface area (TPSA) is 134 Å². The van der Waals surface area contributed by atoms with Crippen LogP contribution in [0.5, 0.6) is 0 Å². The molecule has 0 aromatic heterocycles. The van der Waals surface area contributed by atoms with Crippen molar-refractivity contribution in [2.45, 2.75) is 31.2 Å². The van der Waals surface area contributed by atoms with Crippen molar-refractivity contribution in [1.82, 2.24) is 10.6 Å². The van der Waals surface area contributed by atoms with Gasteiger partial charge in [0.05, 0.1) is 19.6 Å². The summed E-state index contributed by atoms with van der Waals surface area (Å²) < 4.78 is 10.9. The molecule has 0 spiro atoms. The molecule has 9 heteroatoms. The van der Waals surface area contributed by atoms with Crippen molar-refractivity contribution in [3.05, 3.63) is 59.7 Å². The number of amides is 2. The van der Waals surface area contributed by atoms with Gasteiger partial charge >= 0.3 is 12.1 Å². The number of aliphatic hydroxyl groups is 1. The Morgan fingerprint density at radius 3 is 2.31 bits per heavy atom. The van der Waals surface area contributed by atoms with E-state index < -0.39 is 35.8 Å². The van der Waals surface area contributed by atoms with E-state index in [1.165, 1.54) is 0 Å². The minimum atomic E-state index is -1.32. The number of aliphatic carboxylic acids is 1. The first-order chi connectivity index (χ1) is 16.9. The molecule has 0 bridgehead atoms. The lowest BCUT2D eigenvalue weighted by atomic mass is 9.83. The fourth-order valence-electron chi connectivity index (χ4n) is 4.79. The maximum absolute atomic E-state index is 12.7. The Morgan fingerprint density at radius 2 is 1.74 bits per heavy atom. The maximum Gasteiger partial charge on any atom is 0.407 e. The molecule has 2 aliphatic rings. The lowest BCUT2D eigenvalue weighted by Gasteiger charge is -2.35. The van der Waals surface area contributed by atoms with E-state index in [0.29, 0.717) is 19.6 Å². The SMILES string of the molecule is O=C(O)CC(NC(=O)OCC1c2ccccc2-c2ccccc21)C(=O)NCC1(CO)CCCOC1. The van der Waals surface area contributed by atoms with Gasteiger partial charge in [-0.05, 0) is 35.1 Å². The lowest BCUT2D eigenvalue weighted by Crippen LogP contribution is -2.52. The summed E-state index contributed by atoms with van der Waals surface area (Å²) in [5, 5.41) is 24.1. The fraction of sp³-hybridized carbons (Fsp3) is 0.423. The van der Waals surface area contributed by atoms with E-state index in [4.69, 9.17) is 9.47 Å². The molecule has 0 radical (unpaired) electrons. The summed E-state index contributed by atoms with van der Waals surface area (Å²) in [6.45, 7) is 0.890. The van der Waals surface area contributed by atoms with Crippen LogP contribution in [0.2, 0.25) is 0 Å². The normalized spacial score (nSPS) is 19.8. The third kappa shape index (κ3) is 5.63. The van der Waals surface area contributed by atoms with E-state index in [-0.39, 0.29) is 25.7 Å². The van der Waals surface area contributed by atoms with Crippen LogP contribution in [0.4, 0.5) is 4.79 Å². The van der Waals surface area contributed by atoms with Gasteiger partial charge in [-0.15, -0.1) is 0 Å². The number of carboxylic acids is 1. The van der Waals surface area contributed by atoms with Crippen molar-refractivity contribution in [1.29, 1.82) is 0 Å². The predicted molar refractivity (Wildman–Crippen MR) is 127 cm³/mol. The number of carbonyl (C=O) groups is 3. The van der Waals surface area contributed by atoms with E-state index in [2.05, 4.69) is 10.6 Å². The fourth-order valence-corrected chi connectivity index (χ4v) is 4.79. The highest BCUT2D eigenvalue weighted by molar-refractivity contribution is 5.89. The van der Waals surface area contributed by atoms with Crippen LogP contribution < -0.4 is 10.6 Å². The van der Waals surface area contributed by atoms with Crippen LogP contribution in [0.15, 0.2) is 48.5 Å². The van der Waals surface area contributed by atoms with Crippen molar-refractivity contribution in [2.75, 3.05) is 33.0 Å². The van der Waals surface area contributed by atoms with E-state index in [9.17, 15) is 24.6 Å². The number of alkyl carbamates (subject to hydrolysis) is 1. The van der Waals surface area contributed by atoms with Gasteiger partial charge in [-0.1, -0.05) is 48.5 Å². The van der Waals surface area contributed by atoms with E-state index in [0.717, 1.165) is 28.7 Å². The predicted octanol–water partition coefficient (Wildman–Crippen LogP) is 2.27. The molecule has 2 atom stereocenters. The molecule has 2 unspecified atom stereocenters. The molecule has 0 saturated carbocycles. The molecule has 4 rings (SSSR count). The summed E-state index contributed by atoms with van der Waals surface area (Å²) in [6, 6.07) is 14.5. The average Bonchev–Trinajstić information content (AvgIpc) is 3.19. The lowest BCUT2D eigenvalue weighted by molar-refractivity contribution is -0.140. The van der Waals surface area contributed by atoms with Crippen LogP contribution in [-0.2, 0) is 19.1 Å². The number of hydrogen-bond acceptors (Lipinski definition) is 6. The van der Waals surface area contributed by atoms with Gasteiger partial charge in [0.2, 0.25) is 5.91 Å². The van der Waals surface area contributed by atoms with Crippen molar-refractivity contribution in [3.63, 3.8) is 0 Å². The Labute approximate surface area is 203 Å². The summed E-state index contributed by atoms with van der Waals surface area (Å²) in [4.78, 5) is 36.6. The molecule has 9 nitrogen and oxygen atoms in total. The average molecular weight is 483 g/mol. The number of rotatable bonds is 9. The molecule has 1 aliphatic carbocycles. The molecule has 35 heavy (non-hydrogen) atoms. The zero-order valence-electron chi connectivity index (χ0n) is 19.4. The molecular weight excluding hydrogens is 452 g/mol. The second-order valence-corrected chi connectivity index (χ2v) is 9.15. The second kappa shape index (κ2) is 10.9. The van der Waals surface area contributed by atoms with Crippen LogP contribution in [0.3, 0.4) is 0 Å². The molecule has 2 aromatic rings. The van der Waals surface area contributed by atoms with Crippen LogP contribution in [0.1, 0.15) is 36.3 Å². The van der Waals surface area contributed by atoms with E-state index in [1.807, 2.05) is 48.5 Å². The zero-order valence-corrected chi connectivity index (χ0v) is 19.4. The van der Waals surface area contributed by atoms with Gasteiger partial charge in [-0.3, -0.25) is 9.59 Å². The van der Waals surface area contributed by atoms with Gasteiger partial charge in [0.25, 0.3) is 0 Å². The van der Waals surface area contributed by atoms with Crippen LogP contribution >= 0.6 is 0 Å². The number of benzene rings is 2. The van der Waals surface area contributed by atoms with Gasteiger partial charge in [-0.25, -0.2) is 4.79 Å². The Hall–Kier alpha value is -3.43. The van der Waals surface area contributed by atoms with Crippen LogP contribution in [0.25, 0.3) is 11.1 Å². The number of ether oxygens (including phenoxy) is 2. The van der Waals surface area contributed by atoms with Crippen LogP contribution in [0, 0.1) is 5.41 Å². The van der Waals surface area contributed by atoms with Gasteiger partial charge in [-0.2, -0.15) is 0 Å². The summed E-state index contributed by atoms with van der Waals surface area (Å²) in [5.74, 6) is -2.04. The van der Waals surface area contributed by atoms with Crippen molar-refractivity contribution >= 4 is 18.0 Å². The number of hydrogen-bond donors (Lipinski definition) is 4. The molecule has 1 aliphatic heterocycles. The maximum atomic E-state index is 12.7. The van der Waals surface area contributed by atoms with Crippen LogP contribution in [-0.4, -0.2) is 67.2 Å². The first-order valence-corrected chi connectivity index (χ1v) is 11.7. The molecule has 4 N–H and O–H groups in total. The third-order valence-corrected chi connectivity index (χ3v) is 6.71. The quantitative estimate of drug-likeness (QED) is 0.431. The van der Waals surface area contributed by atoms with Gasteiger partial charge < -0.3 is 30.3 Å². The van der Waals surface area contributed by atoms with Gasteiger partial charge in [0, 0.05) is 24.5 Å². The van der Waals surface area contributed by atoms with Crippen molar-refractivity contribution in [3.8, 4) is 11.1 Å².